The number of nitrogens with one attached hydrogen (secondary N) is 1. The summed E-state index contributed by atoms with van der Waals surface area (Å²) in [5.74, 6) is -1.14. The standard InChI is InChI=1S/C13H22N4O3/c1-3-15-6-7-17(13(20)12(15)19)9-11(18)16-5-4-14-10(2)8-16/h10,14H,3-9H2,1-2H3. The van der Waals surface area contributed by atoms with E-state index in [0.29, 0.717) is 32.7 Å². The van der Waals surface area contributed by atoms with Crippen molar-refractivity contribution >= 4 is 17.7 Å². The van der Waals surface area contributed by atoms with Gasteiger partial charge >= 0.3 is 11.8 Å². The number of rotatable bonds is 3. The van der Waals surface area contributed by atoms with Crippen molar-refractivity contribution in [2.75, 3.05) is 45.8 Å². The molecule has 2 heterocycles. The Labute approximate surface area is 118 Å². The lowest BCUT2D eigenvalue weighted by Gasteiger charge is -2.36. The lowest BCUT2D eigenvalue weighted by molar-refractivity contribution is -0.157. The van der Waals surface area contributed by atoms with Gasteiger partial charge in [-0.25, -0.2) is 0 Å². The molecule has 1 N–H and O–H groups in total. The first-order valence-electron chi connectivity index (χ1n) is 7.12. The van der Waals surface area contributed by atoms with Crippen LogP contribution in [-0.2, 0) is 14.4 Å². The quantitative estimate of drug-likeness (QED) is 0.639. The van der Waals surface area contributed by atoms with Crippen LogP contribution >= 0.6 is 0 Å². The molecule has 112 valence electrons. The molecule has 0 aliphatic carbocycles. The van der Waals surface area contributed by atoms with Gasteiger partial charge in [0.15, 0.2) is 0 Å². The first kappa shape index (κ1) is 14.8. The second-order valence-corrected chi connectivity index (χ2v) is 5.31. The smallest absolute Gasteiger partial charge is 0.312 e. The molecule has 0 aromatic carbocycles. The maximum absolute atomic E-state index is 12.2. The Balaban J connectivity index is 1.91. The minimum atomic E-state index is -0.561. The molecule has 0 aromatic rings. The number of carbonyl (C=O) groups excluding carboxylic acids is 3. The van der Waals surface area contributed by atoms with Gasteiger partial charge in [0.05, 0.1) is 0 Å². The number of hydrogen-bond acceptors (Lipinski definition) is 4. The Kier molecular flexibility index (Phi) is 4.59. The van der Waals surface area contributed by atoms with Crippen molar-refractivity contribution in [1.29, 1.82) is 0 Å². The topological polar surface area (TPSA) is 73.0 Å². The zero-order chi connectivity index (χ0) is 14.7. The van der Waals surface area contributed by atoms with E-state index in [0.717, 1.165) is 6.54 Å². The van der Waals surface area contributed by atoms with Crippen LogP contribution in [0.25, 0.3) is 0 Å². The van der Waals surface area contributed by atoms with Crippen molar-refractivity contribution in [2.45, 2.75) is 19.9 Å². The molecule has 3 amide bonds. The number of piperazine rings is 2. The normalized spacial score (nSPS) is 24.3. The monoisotopic (exact) mass is 282 g/mol. The highest BCUT2D eigenvalue weighted by Gasteiger charge is 2.33. The van der Waals surface area contributed by atoms with Crippen LogP contribution in [0.15, 0.2) is 0 Å². The average Bonchev–Trinajstić information content (AvgIpc) is 2.44. The third-order valence-electron chi connectivity index (χ3n) is 3.83. The molecule has 1 unspecified atom stereocenters. The van der Waals surface area contributed by atoms with E-state index in [1.54, 1.807) is 4.90 Å². The summed E-state index contributed by atoms with van der Waals surface area (Å²) in [6.45, 7) is 7.41. The lowest BCUT2D eigenvalue weighted by atomic mass is 10.2. The van der Waals surface area contributed by atoms with Crippen LogP contribution in [-0.4, -0.2) is 84.3 Å². The molecule has 2 rings (SSSR count). The van der Waals surface area contributed by atoms with Crippen LogP contribution in [0.3, 0.4) is 0 Å². The minimum Gasteiger partial charge on any atom is -0.338 e. The average molecular weight is 282 g/mol. The Bertz CT molecular complexity index is 412. The Morgan fingerprint density at radius 3 is 2.50 bits per heavy atom. The van der Waals surface area contributed by atoms with Gasteiger partial charge in [-0.05, 0) is 13.8 Å². The van der Waals surface area contributed by atoms with Gasteiger partial charge in [-0.1, -0.05) is 0 Å². The molecule has 2 aliphatic heterocycles. The van der Waals surface area contributed by atoms with E-state index in [1.165, 1.54) is 9.80 Å². The van der Waals surface area contributed by atoms with Crippen molar-refractivity contribution in [3.63, 3.8) is 0 Å². The van der Waals surface area contributed by atoms with Gasteiger partial charge in [0.2, 0.25) is 5.91 Å². The van der Waals surface area contributed by atoms with E-state index in [9.17, 15) is 14.4 Å². The van der Waals surface area contributed by atoms with Gasteiger partial charge in [-0.3, -0.25) is 14.4 Å². The molecule has 0 saturated carbocycles. The molecular weight excluding hydrogens is 260 g/mol. The van der Waals surface area contributed by atoms with Crippen molar-refractivity contribution in [1.82, 2.24) is 20.0 Å². The number of carbonyl (C=O) groups is 3. The first-order chi connectivity index (χ1) is 9.52. The molecule has 1 atom stereocenters. The molecule has 2 saturated heterocycles. The number of likely N-dealkylation sites (N-methyl/N-ethyl adjacent to an activating group) is 1. The van der Waals surface area contributed by atoms with Crippen LogP contribution in [0.2, 0.25) is 0 Å². The lowest BCUT2D eigenvalue weighted by Crippen LogP contribution is -2.58. The molecule has 2 aliphatic rings. The molecule has 7 nitrogen and oxygen atoms in total. The first-order valence-corrected chi connectivity index (χ1v) is 7.12. The summed E-state index contributed by atoms with van der Waals surface area (Å²) in [6.07, 6.45) is 0. The van der Waals surface area contributed by atoms with Gasteiger partial charge in [0, 0.05) is 45.3 Å². The van der Waals surface area contributed by atoms with E-state index in [1.807, 2.05) is 13.8 Å². The van der Waals surface area contributed by atoms with Crippen molar-refractivity contribution < 1.29 is 14.4 Å². The highest BCUT2D eigenvalue weighted by atomic mass is 16.2. The Hall–Kier alpha value is -1.63. The van der Waals surface area contributed by atoms with Gasteiger partial charge < -0.3 is 20.0 Å². The predicted molar refractivity (Wildman–Crippen MR) is 72.9 cm³/mol. The van der Waals surface area contributed by atoms with Gasteiger partial charge in [0.1, 0.15) is 6.54 Å². The number of nitrogens with zero attached hydrogens (tertiary/aromatic N) is 3. The largest absolute Gasteiger partial charge is 0.338 e. The fourth-order valence-corrected chi connectivity index (χ4v) is 2.59. The van der Waals surface area contributed by atoms with Crippen molar-refractivity contribution in [3.8, 4) is 0 Å². The summed E-state index contributed by atoms with van der Waals surface area (Å²) in [4.78, 5) is 40.5. The Morgan fingerprint density at radius 2 is 1.85 bits per heavy atom. The van der Waals surface area contributed by atoms with Crippen LogP contribution < -0.4 is 5.32 Å². The zero-order valence-corrected chi connectivity index (χ0v) is 12.1. The van der Waals surface area contributed by atoms with E-state index in [4.69, 9.17) is 0 Å². The van der Waals surface area contributed by atoms with Crippen LogP contribution in [0.4, 0.5) is 0 Å². The summed E-state index contributed by atoms with van der Waals surface area (Å²) >= 11 is 0. The van der Waals surface area contributed by atoms with Crippen LogP contribution in [0.5, 0.6) is 0 Å². The fourth-order valence-electron chi connectivity index (χ4n) is 2.59. The minimum absolute atomic E-state index is 0.00878. The summed E-state index contributed by atoms with van der Waals surface area (Å²) < 4.78 is 0. The van der Waals surface area contributed by atoms with Crippen LogP contribution in [0, 0.1) is 0 Å². The van der Waals surface area contributed by atoms with E-state index < -0.39 is 11.8 Å². The maximum atomic E-state index is 12.2. The highest BCUT2D eigenvalue weighted by molar-refractivity contribution is 6.35. The van der Waals surface area contributed by atoms with Gasteiger partial charge in [-0.2, -0.15) is 0 Å². The highest BCUT2D eigenvalue weighted by Crippen LogP contribution is 2.07. The second kappa shape index (κ2) is 6.21. The summed E-state index contributed by atoms with van der Waals surface area (Å²) in [6, 6.07) is 0.266. The molecule has 2 fully saturated rings. The number of amides is 3. The Morgan fingerprint density at radius 1 is 1.20 bits per heavy atom. The fraction of sp³-hybridized carbons (Fsp3) is 0.769. The molecule has 0 bridgehead atoms. The van der Waals surface area contributed by atoms with E-state index in [2.05, 4.69) is 5.32 Å². The zero-order valence-electron chi connectivity index (χ0n) is 12.1. The van der Waals surface area contributed by atoms with E-state index >= 15 is 0 Å². The summed E-state index contributed by atoms with van der Waals surface area (Å²) in [5.41, 5.74) is 0. The molecule has 0 radical (unpaired) electrons. The molecule has 7 heteroatoms. The summed E-state index contributed by atoms with van der Waals surface area (Å²) in [5, 5.41) is 3.26. The van der Waals surface area contributed by atoms with Crippen molar-refractivity contribution in [3.05, 3.63) is 0 Å². The third-order valence-corrected chi connectivity index (χ3v) is 3.83. The van der Waals surface area contributed by atoms with Gasteiger partial charge in [-0.15, -0.1) is 0 Å². The van der Waals surface area contributed by atoms with E-state index in [-0.39, 0.29) is 18.5 Å². The van der Waals surface area contributed by atoms with Crippen molar-refractivity contribution in [2.24, 2.45) is 0 Å². The predicted octanol–water partition coefficient (Wildman–Crippen LogP) is -1.50. The summed E-state index contributed by atoms with van der Waals surface area (Å²) in [7, 11) is 0. The second-order valence-electron chi connectivity index (χ2n) is 5.31. The third kappa shape index (κ3) is 3.09. The SMILES string of the molecule is CCN1CCN(CC(=O)N2CCNC(C)C2)C(=O)C1=O. The number of hydrogen-bond donors (Lipinski definition) is 1. The molecule has 0 aromatic heterocycles. The maximum Gasteiger partial charge on any atom is 0.312 e. The van der Waals surface area contributed by atoms with Crippen LogP contribution in [0.1, 0.15) is 13.8 Å². The molecular formula is C13H22N4O3. The molecule has 0 spiro atoms. The molecule has 20 heavy (non-hydrogen) atoms. The van der Waals surface area contributed by atoms with Gasteiger partial charge in [0.25, 0.3) is 0 Å².